The molecule has 0 aliphatic carbocycles. The molecule has 1 saturated heterocycles. The summed E-state index contributed by atoms with van der Waals surface area (Å²) in [6.45, 7) is 6.04. The smallest absolute Gasteiger partial charge is 0.122 e. The molecule has 2 N–H and O–H groups in total. The van der Waals surface area contributed by atoms with E-state index in [1.807, 2.05) is 19.1 Å². The lowest BCUT2D eigenvalue weighted by Gasteiger charge is -2.32. The Bertz CT molecular complexity index is 406. The van der Waals surface area contributed by atoms with Gasteiger partial charge < -0.3 is 10.5 Å². The van der Waals surface area contributed by atoms with Crippen LogP contribution in [0, 0.1) is 12.8 Å². The zero-order chi connectivity index (χ0) is 13.7. The number of aryl methyl sites for hydroxylation is 1. The maximum absolute atomic E-state index is 5.67. The zero-order valence-corrected chi connectivity index (χ0v) is 12.1. The van der Waals surface area contributed by atoms with Crippen LogP contribution in [0.25, 0.3) is 0 Å². The molecule has 1 atom stereocenters. The van der Waals surface area contributed by atoms with Crippen molar-refractivity contribution in [2.24, 2.45) is 11.7 Å². The zero-order valence-electron chi connectivity index (χ0n) is 12.1. The quantitative estimate of drug-likeness (QED) is 0.882. The lowest BCUT2D eigenvalue weighted by molar-refractivity contribution is 0.161. The second-order valence-electron chi connectivity index (χ2n) is 5.46. The van der Waals surface area contributed by atoms with Crippen molar-refractivity contribution >= 4 is 0 Å². The molecule has 19 heavy (non-hydrogen) atoms. The predicted octanol–water partition coefficient (Wildman–Crippen LogP) is 1.96. The van der Waals surface area contributed by atoms with Crippen molar-refractivity contribution in [3.63, 3.8) is 0 Å². The molecule has 0 amide bonds. The Kier molecular flexibility index (Phi) is 5.16. The molecule has 0 aromatic carbocycles. The molecular weight excluding hydrogens is 238 g/mol. The van der Waals surface area contributed by atoms with Gasteiger partial charge in [-0.1, -0.05) is 0 Å². The van der Waals surface area contributed by atoms with E-state index in [0.29, 0.717) is 0 Å². The first-order valence-corrected chi connectivity index (χ1v) is 7.15. The highest BCUT2D eigenvalue weighted by atomic mass is 16.5. The molecule has 1 fully saturated rings. The number of likely N-dealkylation sites (tertiary alicyclic amines) is 1. The number of aromatic nitrogens is 1. The van der Waals surface area contributed by atoms with E-state index in [2.05, 4.69) is 9.88 Å². The van der Waals surface area contributed by atoms with Gasteiger partial charge >= 0.3 is 0 Å². The average molecular weight is 263 g/mol. The fraction of sp³-hybridized carbons (Fsp3) is 0.667. The Morgan fingerprint density at radius 3 is 3.05 bits per heavy atom. The van der Waals surface area contributed by atoms with Crippen LogP contribution in [0.1, 0.15) is 30.7 Å². The Labute approximate surface area is 116 Å². The van der Waals surface area contributed by atoms with Gasteiger partial charge in [-0.3, -0.25) is 9.88 Å². The number of hydrogen-bond acceptors (Lipinski definition) is 4. The fourth-order valence-corrected chi connectivity index (χ4v) is 2.90. The number of nitrogens with two attached hydrogens (primary N) is 1. The highest BCUT2D eigenvalue weighted by Gasteiger charge is 2.19. The monoisotopic (exact) mass is 263 g/mol. The van der Waals surface area contributed by atoms with Crippen molar-refractivity contribution in [3.8, 4) is 5.75 Å². The second-order valence-corrected chi connectivity index (χ2v) is 5.46. The average Bonchev–Trinajstić information content (AvgIpc) is 2.39. The van der Waals surface area contributed by atoms with Crippen LogP contribution in [-0.2, 0) is 6.54 Å². The lowest BCUT2D eigenvalue weighted by atomic mass is 9.95. The molecule has 0 radical (unpaired) electrons. The van der Waals surface area contributed by atoms with Gasteiger partial charge in [0.15, 0.2) is 0 Å². The van der Waals surface area contributed by atoms with E-state index in [1.54, 1.807) is 7.11 Å². The van der Waals surface area contributed by atoms with Crippen molar-refractivity contribution < 1.29 is 4.74 Å². The molecule has 4 heteroatoms. The number of rotatable bonds is 5. The van der Waals surface area contributed by atoms with Crippen LogP contribution >= 0.6 is 0 Å². The summed E-state index contributed by atoms with van der Waals surface area (Å²) in [5, 5.41) is 0. The van der Waals surface area contributed by atoms with Crippen molar-refractivity contribution in [2.75, 3.05) is 26.7 Å². The van der Waals surface area contributed by atoms with E-state index < -0.39 is 0 Å². The van der Waals surface area contributed by atoms with Crippen LogP contribution in [0.4, 0.5) is 0 Å². The number of piperidine rings is 1. The van der Waals surface area contributed by atoms with Crippen LogP contribution in [0.2, 0.25) is 0 Å². The Morgan fingerprint density at radius 1 is 1.47 bits per heavy atom. The van der Waals surface area contributed by atoms with Gasteiger partial charge in [0, 0.05) is 30.9 Å². The first kappa shape index (κ1) is 14.3. The topological polar surface area (TPSA) is 51.4 Å². The van der Waals surface area contributed by atoms with Crippen molar-refractivity contribution in [1.29, 1.82) is 0 Å². The Morgan fingerprint density at radius 2 is 2.32 bits per heavy atom. The van der Waals surface area contributed by atoms with Gasteiger partial charge in [0.25, 0.3) is 0 Å². The number of ether oxygens (including phenoxy) is 1. The molecule has 2 heterocycles. The summed E-state index contributed by atoms with van der Waals surface area (Å²) in [5.74, 6) is 1.66. The Hall–Kier alpha value is -1.13. The minimum Gasteiger partial charge on any atom is -0.497 e. The number of pyridine rings is 1. The van der Waals surface area contributed by atoms with E-state index in [4.69, 9.17) is 10.5 Å². The minimum absolute atomic E-state index is 0.755. The van der Waals surface area contributed by atoms with Crippen LogP contribution < -0.4 is 10.5 Å². The molecule has 0 saturated carbocycles. The van der Waals surface area contributed by atoms with Crippen molar-refractivity contribution in [3.05, 3.63) is 23.5 Å². The third-order valence-corrected chi connectivity index (χ3v) is 3.78. The first-order valence-electron chi connectivity index (χ1n) is 7.15. The molecule has 0 bridgehead atoms. The van der Waals surface area contributed by atoms with Crippen LogP contribution in [-0.4, -0.2) is 36.6 Å². The molecule has 0 spiro atoms. The fourth-order valence-electron chi connectivity index (χ4n) is 2.90. The van der Waals surface area contributed by atoms with Crippen LogP contribution in [0.15, 0.2) is 12.1 Å². The largest absolute Gasteiger partial charge is 0.497 e. The van der Waals surface area contributed by atoms with Gasteiger partial charge in [-0.15, -0.1) is 0 Å². The summed E-state index contributed by atoms with van der Waals surface area (Å²) >= 11 is 0. The molecule has 1 aliphatic rings. The first-order chi connectivity index (χ1) is 9.21. The molecular formula is C15H25N3O. The van der Waals surface area contributed by atoms with Gasteiger partial charge in [0.1, 0.15) is 5.75 Å². The molecule has 106 valence electrons. The van der Waals surface area contributed by atoms with E-state index >= 15 is 0 Å². The predicted molar refractivity (Wildman–Crippen MR) is 77.2 cm³/mol. The second kappa shape index (κ2) is 6.87. The van der Waals surface area contributed by atoms with Gasteiger partial charge in [-0.2, -0.15) is 0 Å². The summed E-state index contributed by atoms with van der Waals surface area (Å²) in [4.78, 5) is 7.09. The van der Waals surface area contributed by atoms with Crippen molar-refractivity contribution in [1.82, 2.24) is 9.88 Å². The Balaban J connectivity index is 1.98. The maximum Gasteiger partial charge on any atom is 0.122 e. The minimum atomic E-state index is 0.755. The lowest BCUT2D eigenvalue weighted by Crippen LogP contribution is -2.35. The standard InChI is InChI=1S/C15H25N3O/c1-12-8-15(19-2)9-14(17-12)11-18-7-3-4-13(10-18)5-6-16/h8-9,13H,3-7,10-11,16H2,1-2H3. The van der Waals surface area contributed by atoms with Gasteiger partial charge in [-0.05, 0) is 45.2 Å². The number of methoxy groups -OCH3 is 1. The highest BCUT2D eigenvalue weighted by Crippen LogP contribution is 2.21. The highest BCUT2D eigenvalue weighted by molar-refractivity contribution is 5.26. The molecule has 2 rings (SSSR count). The van der Waals surface area contributed by atoms with Gasteiger partial charge in [0.2, 0.25) is 0 Å². The summed E-state index contributed by atoms with van der Waals surface area (Å²) in [7, 11) is 1.71. The molecule has 1 aliphatic heterocycles. The van der Waals surface area contributed by atoms with Crippen molar-refractivity contribution in [2.45, 2.75) is 32.7 Å². The van der Waals surface area contributed by atoms with Crippen LogP contribution in [0.5, 0.6) is 5.75 Å². The van der Waals surface area contributed by atoms with Crippen LogP contribution in [0.3, 0.4) is 0 Å². The number of hydrogen-bond donors (Lipinski definition) is 1. The van der Waals surface area contributed by atoms with E-state index in [-0.39, 0.29) is 0 Å². The summed E-state index contributed by atoms with van der Waals surface area (Å²) in [6.07, 6.45) is 3.73. The third kappa shape index (κ3) is 4.18. The van der Waals surface area contributed by atoms with E-state index in [9.17, 15) is 0 Å². The molecule has 1 unspecified atom stereocenters. The third-order valence-electron chi connectivity index (χ3n) is 3.78. The summed E-state index contributed by atoms with van der Waals surface area (Å²) < 4.78 is 5.31. The summed E-state index contributed by atoms with van der Waals surface area (Å²) in [6, 6.07) is 4.01. The van der Waals surface area contributed by atoms with Gasteiger partial charge in [-0.25, -0.2) is 0 Å². The summed E-state index contributed by atoms with van der Waals surface area (Å²) in [5.41, 5.74) is 7.79. The molecule has 4 nitrogen and oxygen atoms in total. The maximum atomic E-state index is 5.67. The SMILES string of the molecule is COc1cc(C)nc(CN2CCCC(CCN)C2)c1. The molecule has 1 aromatic heterocycles. The normalized spacial score (nSPS) is 20.5. The number of nitrogens with zero attached hydrogens (tertiary/aromatic N) is 2. The van der Waals surface area contributed by atoms with Gasteiger partial charge in [0.05, 0.1) is 12.8 Å². The molecule has 1 aromatic rings. The van der Waals surface area contributed by atoms with E-state index in [0.717, 1.165) is 49.1 Å². The van der Waals surface area contributed by atoms with E-state index in [1.165, 1.54) is 19.4 Å².